The Balaban J connectivity index is 1.99. The highest BCUT2D eigenvalue weighted by Crippen LogP contribution is 2.18. The van der Waals surface area contributed by atoms with Crippen molar-refractivity contribution in [2.24, 2.45) is 0 Å². The first kappa shape index (κ1) is 16.4. The minimum absolute atomic E-state index is 0.905. The summed E-state index contributed by atoms with van der Waals surface area (Å²) in [5.41, 5.74) is 13.5. The van der Waals surface area contributed by atoms with Crippen LogP contribution in [0.3, 0.4) is 0 Å². The van der Waals surface area contributed by atoms with Crippen molar-refractivity contribution in [3.05, 3.63) is 58.7 Å². The Morgan fingerprint density at radius 2 is 1.50 bits per heavy atom. The van der Waals surface area contributed by atoms with Gasteiger partial charge in [0.15, 0.2) is 0 Å². The molecule has 2 heteroatoms. The first-order valence-electron chi connectivity index (χ1n) is 8.40. The Morgan fingerprint density at radius 3 is 2.09 bits per heavy atom. The number of rotatable bonds is 7. The van der Waals surface area contributed by atoms with Gasteiger partial charge in [0.05, 0.1) is 0 Å². The SMILES string of the molecule is CCc1cc(CC)cc(NCCc2ccc(N)c(CC)c2)c1. The summed E-state index contributed by atoms with van der Waals surface area (Å²) in [4.78, 5) is 0. The summed E-state index contributed by atoms with van der Waals surface area (Å²) in [6.07, 6.45) is 4.18. The fourth-order valence-electron chi connectivity index (χ4n) is 2.74. The molecule has 0 unspecified atom stereocenters. The van der Waals surface area contributed by atoms with Gasteiger partial charge in [0.25, 0.3) is 0 Å². The minimum Gasteiger partial charge on any atom is -0.399 e. The Labute approximate surface area is 134 Å². The van der Waals surface area contributed by atoms with E-state index >= 15 is 0 Å². The molecule has 0 atom stereocenters. The van der Waals surface area contributed by atoms with Crippen molar-refractivity contribution in [1.82, 2.24) is 0 Å². The molecule has 0 amide bonds. The van der Waals surface area contributed by atoms with Crippen molar-refractivity contribution in [1.29, 1.82) is 0 Å². The fourth-order valence-corrected chi connectivity index (χ4v) is 2.74. The van der Waals surface area contributed by atoms with Crippen molar-refractivity contribution in [3.63, 3.8) is 0 Å². The van der Waals surface area contributed by atoms with Gasteiger partial charge < -0.3 is 11.1 Å². The predicted molar refractivity (Wildman–Crippen MR) is 97.6 cm³/mol. The largest absolute Gasteiger partial charge is 0.399 e. The standard InChI is InChI=1S/C20H28N2/c1-4-15-11-16(5-2)14-19(13-15)22-10-9-17-7-8-20(21)18(6-3)12-17/h7-8,11-14,22H,4-6,9-10,21H2,1-3H3. The van der Waals surface area contributed by atoms with Gasteiger partial charge >= 0.3 is 0 Å². The molecule has 0 aliphatic heterocycles. The number of benzene rings is 2. The summed E-state index contributed by atoms with van der Waals surface area (Å²) in [6.45, 7) is 7.51. The number of hydrogen-bond donors (Lipinski definition) is 2. The van der Waals surface area contributed by atoms with Gasteiger partial charge in [0.2, 0.25) is 0 Å². The van der Waals surface area contributed by atoms with Gasteiger partial charge in [-0.3, -0.25) is 0 Å². The second kappa shape index (κ2) is 7.88. The van der Waals surface area contributed by atoms with Crippen LogP contribution in [0.25, 0.3) is 0 Å². The number of hydrogen-bond acceptors (Lipinski definition) is 2. The van der Waals surface area contributed by atoms with Gasteiger partial charge in [-0.15, -0.1) is 0 Å². The van der Waals surface area contributed by atoms with Crippen molar-refractivity contribution < 1.29 is 0 Å². The number of nitrogen functional groups attached to an aromatic ring is 1. The Hall–Kier alpha value is -1.96. The maximum Gasteiger partial charge on any atom is 0.0346 e. The lowest BCUT2D eigenvalue weighted by Gasteiger charge is -2.11. The molecule has 0 radical (unpaired) electrons. The zero-order valence-corrected chi connectivity index (χ0v) is 14.1. The number of anilines is 2. The molecule has 0 heterocycles. The van der Waals surface area contributed by atoms with Gasteiger partial charge in [-0.05, 0) is 66.1 Å². The molecule has 2 aromatic carbocycles. The lowest BCUT2D eigenvalue weighted by Crippen LogP contribution is -2.06. The molecular formula is C20H28N2. The van der Waals surface area contributed by atoms with Crippen LogP contribution in [-0.2, 0) is 25.7 Å². The second-order valence-electron chi connectivity index (χ2n) is 5.81. The number of nitrogens with two attached hydrogens (primary N) is 1. The average Bonchev–Trinajstić information content (AvgIpc) is 2.56. The quantitative estimate of drug-likeness (QED) is 0.732. The molecule has 2 rings (SSSR count). The summed E-state index contributed by atoms with van der Waals surface area (Å²) >= 11 is 0. The lowest BCUT2D eigenvalue weighted by atomic mass is 10.0. The second-order valence-corrected chi connectivity index (χ2v) is 5.81. The van der Waals surface area contributed by atoms with Crippen LogP contribution in [0, 0.1) is 0 Å². The van der Waals surface area contributed by atoms with Gasteiger partial charge in [-0.2, -0.15) is 0 Å². The highest BCUT2D eigenvalue weighted by molar-refractivity contribution is 5.50. The third-order valence-electron chi connectivity index (χ3n) is 4.20. The number of nitrogens with one attached hydrogen (secondary N) is 1. The molecule has 2 nitrogen and oxygen atoms in total. The predicted octanol–water partition coefficient (Wildman–Crippen LogP) is 4.61. The third kappa shape index (κ3) is 4.27. The summed E-state index contributed by atoms with van der Waals surface area (Å²) < 4.78 is 0. The molecule has 0 aromatic heterocycles. The van der Waals surface area contributed by atoms with Crippen molar-refractivity contribution in [2.45, 2.75) is 46.5 Å². The van der Waals surface area contributed by atoms with Crippen LogP contribution in [0.4, 0.5) is 11.4 Å². The Bertz CT molecular complexity index is 595. The molecule has 2 aromatic rings. The van der Waals surface area contributed by atoms with Gasteiger partial charge in [0.1, 0.15) is 0 Å². The molecule has 118 valence electrons. The van der Waals surface area contributed by atoms with Crippen LogP contribution in [0.15, 0.2) is 36.4 Å². The van der Waals surface area contributed by atoms with Gasteiger partial charge in [0, 0.05) is 17.9 Å². The molecule has 0 spiro atoms. The average molecular weight is 296 g/mol. The molecule has 0 aliphatic carbocycles. The van der Waals surface area contributed by atoms with E-state index in [0.717, 1.165) is 37.9 Å². The highest BCUT2D eigenvalue weighted by Gasteiger charge is 2.01. The number of aryl methyl sites for hydroxylation is 3. The summed E-state index contributed by atoms with van der Waals surface area (Å²) in [6, 6.07) is 13.2. The molecular weight excluding hydrogens is 268 g/mol. The molecule has 0 bridgehead atoms. The molecule has 0 fully saturated rings. The minimum atomic E-state index is 0.905. The van der Waals surface area contributed by atoms with E-state index in [1.54, 1.807) is 0 Å². The Morgan fingerprint density at radius 1 is 0.818 bits per heavy atom. The normalized spacial score (nSPS) is 10.7. The van der Waals surface area contributed by atoms with E-state index < -0.39 is 0 Å². The fraction of sp³-hybridized carbons (Fsp3) is 0.400. The zero-order valence-electron chi connectivity index (χ0n) is 14.1. The summed E-state index contributed by atoms with van der Waals surface area (Å²) in [7, 11) is 0. The topological polar surface area (TPSA) is 38.0 Å². The molecule has 22 heavy (non-hydrogen) atoms. The van der Waals surface area contributed by atoms with E-state index in [-0.39, 0.29) is 0 Å². The van der Waals surface area contributed by atoms with Gasteiger partial charge in [-0.1, -0.05) is 39.0 Å². The molecule has 3 N–H and O–H groups in total. The first-order valence-corrected chi connectivity index (χ1v) is 8.40. The van der Waals surface area contributed by atoms with Crippen LogP contribution in [-0.4, -0.2) is 6.54 Å². The zero-order chi connectivity index (χ0) is 15.9. The molecule has 0 saturated carbocycles. The maximum atomic E-state index is 5.97. The molecule has 0 aliphatic rings. The van der Waals surface area contributed by atoms with Gasteiger partial charge in [-0.25, -0.2) is 0 Å². The van der Waals surface area contributed by atoms with Crippen LogP contribution >= 0.6 is 0 Å². The van der Waals surface area contributed by atoms with Crippen LogP contribution < -0.4 is 11.1 Å². The third-order valence-corrected chi connectivity index (χ3v) is 4.20. The smallest absolute Gasteiger partial charge is 0.0346 e. The monoisotopic (exact) mass is 296 g/mol. The van der Waals surface area contributed by atoms with E-state index in [0.29, 0.717) is 0 Å². The van der Waals surface area contributed by atoms with E-state index in [9.17, 15) is 0 Å². The van der Waals surface area contributed by atoms with Crippen molar-refractivity contribution in [3.8, 4) is 0 Å². The van der Waals surface area contributed by atoms with Crippen LogP contribution in [0.2, 0.25) is 0 Å². The molecule has 0 saturated heterocycles. The van der Waals surface area contributed by atoms with E-state index in [1.165, 1.54) is 27.9 Å². The summed E-state index contributed by atoms with van der Waals surface area (Å²) in [5, 5.41) is 3.56. The van der Waals surface area contributed by atoms with E-state index in [4.69, 9.17) is 5.73 Å². The van der Waals surface area contributed by atoms with Crippen molar-refractivity contribution >= 4 is 11.4 Å². The maximum absolute atomic E-state index is 5.97. The van der Waals surface area contributed by atoms with E-state index in [2.05, 4.69) is 56.4 Å². The first-order chi connectivity index (χ1) is 10.7. The lowest BCUT2D eigenvalue weighted by molar-refractivity contribution is 1.00. The van der Waals surface area contributed by atoms with Crippen LogP contribution in [0.5, 0.6) is 0 Å². The highest BCUT2D eigenvalue weighted by atomic mass is 14.9. The van der Waals surface area contributed by atoms with Crippen molar-refractivity contribution in [2.75, 3.05) is 17.6 Å². The van der Waals surface area contributed by atoms with Crippen LogP contribution in [0.1, 0.15) is 43.0 Å². The summed E-state index contributed by atoms with van der Waals surface area (Å²) in [5.74, 6) is 0. The van der Waals surface area contributed by atoms with E-state index in [1.807, 2.05) is 6.07 Å². The Kier molecular flexibility index (Phi) is 5.88.